The lowest BCUT2D eigenvalue weighted by Crippen LogP contribution is -2.37. The van der Waals surface area contributed by atoms with E-state index in [2.05, 4.69) is 19.7 Å². The Kier molecular flexibility index (Phi) is 4.18. The first kappa shape index (κ1) is 15.5. The number of rotatable bonds is 3. The van der Waals surface area contributed by atoms with Crippen LogP contribution in [0.3, 0.4) is 0 Å². The molecule has 4 heterocycles. The molecule has 0 atom stereocenters. The van der Waals surface area contributed by atoms with E-state index >= 15 is 0 Å². The number of piperidine rings is 1. The summed E-state index contributed by atoms with van der Waals surface area (Å²) in [4.78, 5) is 18.6. The van der Waals surface area contributed by atoms with Crippen LogP contribution in [0, 0.1) is 6.92 Å². The van der Waals surface area contributed by atoms with Crippen LogP contribution in [-0.4, -0.2) is 43.6 Å². The molecule has 126 valence electrons. The molecule has 2 aromatic rings. The van der Waals surface area contributed by atoms with Crippen molar-refractivity contribution in [3.8, 4) is 0 Å². The molecule has 0 N–H and O–H groups in total. The van der Waals surface area contributed by atoms with Crippen LogP contribution in [0.2, 0.25) is 0 Å². The summed E-state index contributed by atoms with van der Waals surface area (Å²) in [6.45, 7) is 4.58. The minimum Gasteiger partial charge on any atom is -0.339 e. The van der Waals surface area contributed by atoms with Gasteiger partial charge in [0.25, 0.3) is 0 Å². The average molecular weight is 343 g/mol. The van der Waals surface area contributed by atoms with Crippen molar-refractivity contribution < 1.29 is 4.79 Å². The van der Waals surface area contributed by atoms with Crippen LogP contribution in [0.5, 0.6) is 0 Å². The predicted molar refractivity (Wildman–Crippen MR) is 92.8 cm³/mol. The van der Waals surface area contributed by atoms with Gasteiger partial charge in [0.05, 0.1) is 10.7 Å². The van der Waals surface area contributed by atoms with Gasteiger partial charge in [-0.15, -0.1) is 21.5 Å². The first-order valence-corrected chi connectivity index (χ1v) is 9.40. The molecule has 1 amide bonds. The molecule has 1 saturated heterocycles. The smallest absolute Gasteiger partial charge is 0.246 e. The van der Waals surface area contributed by atoms with Crippen LogP contribution in [0.25, 0.3) is 6.08 Å². The van der Waals surface area contributed by atoms with Gasteiger partial charge in [-0.25, -0.2) is 4.98 Å². The quantitative estimate of drug-likeness (QED) is 0.803. The van der Waals surface area contributed by atoms with Crippen molar-refractivity contribution in [2.45, 2.75) is 45.1 Å². The molecule has 0 aliphatic carbocycles. The van der Waals surface area contributed by atoms with Crippen molar-refractivity contribution in [2.24, 2.45) is 0 Å². The fourth-order valence-electron chi connectivity index (χ4n) is 3.55. The van der Waals surface area contributed by atoms with Gasteiger partial charge < -0.3 is 9.47 Å². The van der Waals surface area contributed by atoms with Crippen LogP contribution < -0.4 is 0 Å². The number of thiazole rings is 1. The topological polar surface area (TPSA) is 63.9 Å². The van der Waals surface area contributed by atoms with Crippen molar-refractivity contribution in [2.75, 3.05) is 13.1 Å². The number of aromatic nitrogens is 4. The molecule has 0 radical (unpaired) electrons. The molecule has 0 aromatic carbocycles. The molecule has 0 saturated carbocycles. The van der Waals surface area contributed by atoms with Crippen LogP contribution in [0.15, 0.2) is 11.5 Å². The number of amides is 1. The fourth-order valence-corrected chi connectivity index (χ4v) is 4.13. The Hall–Kier alpha value is -2.02. The standard InChI is InChI=1S/C17H21N5OS/c1-12-18-14(11-24-12)4-5-16(23)21-9-6-13(7-10-21)17-20-19-15-3-2-8-22(15)17/h4-5,11,13H,2-3,6-10H2,1H3. The number of aryl methyl sites for hydroxylation is 2. The van der Waals surface area contributed by atoms with Gasteiger partial charge in [0.2, 0.25) is 5.91 Å². The van der Waals surface area contributed by atoms with Crippen LogP contribution in [0.1, 0.15) is 47.5 Å². The van der Waals surface area contributed by atoms with Crippen LogP contribution >= 0.6 is 11.3 Å². The number of hydrogen-bond acceptors (Lipinski definition) is 5. The Morgan fingerprint density at radius 2 is 2.12 bits per heavy atom. The van der Waals surface area contributed by atoms with Crippen molar-refractivity contribution >= 4 is 23.3 Å². The SMILES string of the molecule is Cc1nc(C=CC(=O)N2CCC(c3nnc4n3CCC4)CC2)cs1. The van der Waals surface area contributed by atoms with E-state index in [0.717, 1.165) is 61.2 Å². The minimum atomic E-state index is 0.0746. The third-order valence-corrected chi connectivity index (χ3v) is 5.64. The summed E-state index contributed by atoms with van der Waals surface area (Å²) in [5, 5.41) is 11.7. The molecule has 0 unspecified atom stereocenters. The number of likely N-dealkylation sites (tertiary alicyclic amines) is 1. The molecule has 0 spiro atoms. The maximum atomic E-state index is 12.3. The Bertz CT molecular complexity index is 770. The summed E-state index contributed by atoms with van der Waals surface area (Å²) in [7, 11) is 0. The third-order valence-electron chi connectivity index (χ3n) is 4.84. The summed E-state index contributed by atoms with van der Waals surface area (Å²) in [6, 6.07) is 0. The molecule has 7 heteroatoms. The lowest BCUT2D eigenvalue weighted by Gasteiger charge is -2.30. The lowest BCUT2D eigenvalue weighted by molar-refractivity contribution is -0.127. The minimum absolute atomic E-state index is 0.0746. The summed E-state index contributed by atoms with van der Waals surface area (Å²) >= 11 is 1.60. The zero-order chi connectivity index (χ0) is 16.5. The Labute approximate surface area is 145 Å². The zero-order valence-electron chi connectivity index (χ0n) is 13.8. The summed E-state index contributed by atoms with van der Waals surface area (Å²) in [6.07, 6.45) is 7.61. The van der Waals surface area contributed by atoms with Crippen molar-refractivity contribution in [1.29, 1.82) is 0 Å². The van der Waals surface area contributed by atoms with Crippen molar-refractivity contribution in [3.63, 3.8) is 0 Å². The molecule has 2 aliphatic heterocycles. The normalized spacial score (nSPS) is 18.5. The molecular weight excluding hydrogens is 322 g/mol. The van der Waals surface area contributed by atoms with E-state index in [1.807, 2.05) is 23.3 Å². The number of hydrogen-bond donors (Lipinski definition) is 0. The van der Waals surface area contributed by atoms with Gasteiger partial charge in [-0.3, -0.25) is 4.79 Å². The molecule has 1 fully saturated rings. The van der Waals surface area contributed by atoms with Gasteiger partial charge in [0.15, 0.2) is 0 Å². The Balaban J connectivity index is 1.35. The van der Waals surface area contributed by atoms with E-state index in [0.29, 0.717) is 5.92 Å². The van der Waals surface area contributed by atoms with Gasteiger partial charge in [-0.05, 0) is 32.3 Å². The summed E-state index contributed by atoms with van der Waals surface area (Å²) < 4.78 is 2.28. The highest BCUT2D eigenvalue weighted by atomic mass is 32.1. The van der Waals surface area contributed by atoms with Gasteiger partial charge in [0.1, 0.15) is 11.6 Å². The fraction of sp³-hybridized carbons (Fsp3) is 0.529. The van der Waals surface area contributed by atoms with Crippen molar-refractivity contribution in [1.82, 2.24) is 24.6 Å². The van der Waals surface area contributed by atoms with E-state index in [1.165, 1.54) is 6.42 Å². The van der Waals surface area contributed by atoms with Crippen molar-refractivity contribution in [3.05, 3.63) is 33.8 Å². The van der Waals surface area contributed by atoms with E-state index in [-0.39, 0.29) is 5.91 Å². The lowest BCUT2D eigenvalue weighted by atomic mass is 9.96. The molecule has 2 aromatic heterocycles. The predicted octanol–water partition coefficient (Wildman–Crippen LogP) is 2.41. The zero-order valence-corrected chi connectivity index (χ0v) is 14.6. The number of carbonyl (C=O) groups is 1. The average Bonchev–Trinajstić information content (AvgIpc) is 3.29. The highest BCUT2D eigenvalue weighted by Crippen LogP contribution is 2.29. The summed E-state index contributed by atoms with van der Waals surface area (Å²) in [5.41, 5.74) is 0.861. The Morgan fingerprint density at radius 3 is 2.88 bits per heavy atom. The Morgan fingerprint density at radius 1 is 1.29 bits per heavy atom. The molecule has 24 heavy (non-hydrogen) atoms. The van der Waals surface area contributed by atoms with Gasteiger partial charge >= 0.3 is 0 Å². The molecule has 4 rings (SSSR count). The maximum Gasteiger partial charge on any atom is 0.246 e. The molecule has 6 nitrogen and oxygen atoms in total. The van der Waals surface area contributed by atoms with E-state index in [4.69, 9.17) is 0 Å². The summed E-state index contributed by atoms with van der Waals surface area (Å²) in [5.74, 6) is 2.76. The van der Waals surface area contributed by atoms with E-state index < -0.39 is 0 Å². The number of carbonyl (C=O) groups excluding carboxylic acids is 1. The van der Waals surface area contributed by atoms with E-state index in [1.54, 1.807) is 17.4 Å². The van der Waals surface area contributed by atoms with Gasteiger partial charge in [-0.1, -0.05) is 0 Å². The first-order chi connectivity index (χ1) is 11.7. The second-order valence-corrected chi connectivity index (χ2v) is 7.52. The number of nitrogens with zero attached hydrogens (tertiary/aromatic N) is 5. The third kappa shape index (κ3) is 3.00. The molecule has 0 bridgehead atoms. The second-order valence-electron chi connectivity index (χ2n) is 6.45. The highest BCUT2D eigenvalue weighted by molar-refractivity contribution is 7.09. The molecule has 2 aliphatic rings. The highest BCUT2D eigenvalue weighted by Gasteiger charge is 2.28. The van der Waals surface area contributed by atoms with Crippen LogP contribution in [0.4, 0.5) is 0 Å². The van der Waals surface area contributed by atoms with Gasteiger partial charge in [0, 0.05) is 43.4 Å². The van der Waals surface area contributed by atoms with Gasteiger partial charge in [-0.2, -0.15) is 0 Å². The largest absolute Gasteiger partial charge is 0.339 e. The maximum absolute atomic E-state index is 12.3. The van der Waals surface area contributed by atoms with Crippen LogP contribution in [-0.2, 0) is 17.8 Å². The van der Waals surface area contributed by atoms with E-state index in [9.17, 15) is 4.79 Å². The first-order valence-electron chi connectivity index (χ1n) is 8.52. The monoisotopic (exact) mass is 343 g/mol. The number of fused-ring (bicyclic) bond motifs is 1. The second kappa shape index (κ2) is 6.47. The molecular formula is C17H21N5OS.